The zero-order valence-corrected chi connectivity index (χ0v) is 16.6. The smallest absolute Gasteiger partial charge is 0.247 e. The average Bonchev–Trinajstić information content (AvgIpc) is 3.15. The molecule has 28 heavy (non-hydrogen) atoms. The van der Waals surface area contributed by atoms with E-state index in [9.17, 15) is 9.59 Å². The first-order valence-corrected chi connectivity index (χ1v) is 9.34. The van der Waals surface area contributed by atoms with Crippen LogP contribution in [0.1, 0.15) is 12.5 Å². The topological polar surface area (TPSA) is 67.9 Å². The van der Waals surface area contributed by atoms with Crippen LogP contribution in [0.2, 0.25) is 10.0 Å². The van der Waals surface area contributed by atoms with Gasteiger partial charge in [0.1, 0.15) is 6.54 Å². The second-order valence-corrected chi connectivity index (χ2v) is 6.76. The summed E-state index contributed by atoms with van der Waals surface area (Å²) in [6, 6.07) is 10.3. The predicted octanol–water partition coefficient (Wildman–Crippen LogP) is 4.22. The average molecular weight is 421 g/mol. The summed E-state index contributed by atoms with van der Waals surface area (Å²) >= 11 is 12.1. The molecule has 3 rings (SSSR count). The van der Waals surface area contributed by atoms with Crippen LogP contribution < -0.4 is 14.8 Å². The van der Waals surface area contributed by atoms with Crippen LogP contribution in [0.5, 0.6) is 11.5 Å². The van der Waals surface area contributed by atoms with Crippen LogP contribution in [0.4, 0.5) is 5.69 Å². The van der Waals surface area contributed by atoms with E-state index in [0.717, 1.165) is 5.56 Å². The highest BCUT2D eigenvalue weighted by atomic mass is 35.5. The number of hydrogen-bond donors (Lipinski definition) is 1. The Bertz CT molecular complexity index is 910. The van der Waals surface area contributed by atoms with E-state index in [1.54, 1.807) is 43.3 Å². The molecule has 0 aliphatic carbocycles. The third kappa shape index (κ3) is 4.77. The van der Waals surface area contributed by atoms with Crippen LogP contribution in [-0.4, -0.2) is 36.6 Å². The molecule has 0 saturated heterocycles. The lowest BCUT2D eigenvalue weighted by molar-refractivity contribution is -0.130. The normalized spacial score (nSPS) is 12.2. The lowest BCUT2D eigenvalue weighted by Gasteiger charge is -2.19. The Hall–Kier alpha value is -2.70. The maximum atomic E-state index is 12.5. The van der Waals surface area contributed by atoms with E-state index in [2.05, 4.69) is 5.32 Å². The molecule has 0 atom stereocenters. The first-order chi connectivity index (χ1) is 13.5. The van der Waals surface area contributed by atoms with Crippen molar-refractivity contribution >= 4 is 46.8 Å². The number of halogens is 2. The van der Waals surface area contributed by atoms with Crippen LogP contribution in [0, 0.1) is 0 Å². The lowest BCUT2D eigenvalue weighted by Crippen LogP contribution is -2.37. The fourth-order valence-corrected chi connectivity index (χ4v) is 3.10. The van der Waals surface area contributed by atoms with Crippen molar-refractivity contribution in [3.8, 4) is 11.5 Å². The number of likely N-dealkylation sites (N-methyl/N-ethyl adjacent to an activating group) is 1. The van der Waals surface area contributed by atoms with Crippen molar-refractivity contribution in [3.63, 3.8) is 0 Å². The van der Waals surface area contributed by atoms with E-state index >= 15 is 0 Å². The molecule has 1 aliphatic rings. The van der Waals surface area contributed by atoms with Gasteiger partial charge in [-0.1, -0.05) is 35.3 Å². The molecule has 1 N–H and O–H groups in total. The molecule has 2 aromatic carbocycles. The molecular formula is C20H18Cl2N2O4. The molecule has 0 unspecified atom stereocenters. The number of nitrogens with zero attached hydrogens (tertiary/aromatic N) is 1. The van der Waals surface area contributed by atoms with E-state index in [-0.39, 0.29) is 25.2 Å². The van der Waals surface area contributed by atoms with Crippen molar-refractivity contribution in [2.75, 3.05) is 25.2 Å². The Balaban J connectivity index is 1.62. The van der Waals surface area contributed by atoms with Gasteiger partial charge in [0.25, 0.3) is 0 Å². The predicted molar refractivity (Wildman–Crippen MR) is 109 cm³/mol. The summed E-state index contributed by atoms with van der Waals surface area (Å²) < 4.78 is 10.6. The molecule has 1 heterocycles. The summed E-state index contributed by atoms with van der Waals surface area (Å²) in [4.78, 5) is 26.2. The monoisotopic (exact) mass is 420 g/mol. The number of rotatable bonds is 6. The number of carbonyl (C=O) groups is 2. The number of anilines is 1. The van der Waals surface area contributed by atoms with E-state index in [4.69, 9.17) is 32.7 Å². The maximum absolute atomic E-state index is 12.5. The quantitative estimate of drug-likeness (QED) is 0.710. The van der Waals surface area contributed by atoms with E-state index in [1.807, 2.05) is 6.07 Å². The van der Waals surface area contributed by atoms with Crippen LogP contribution in [0.15, 0.2) is 42.5 Å². The number of hydrogen-bond acceptors (Lipinski definition) is 4. The Morgan fingerprint density at radius 1 is 1.14 bits per heavy atom. The third-order valence-corrected chi connectivity index (χ3v) is 4.70. The standard InChI is InChI=1S/C20H18Cl2N2O4/c1-2-24(11-18(25)23-20-14(21)4-3-5-15(20)22)19(26)9-7-13-6-8-16-17(10-13)28-12-27-16/h3-10H,2,11-12H2,1H3,(H,23,25)/b9-7+. The van der Waals surface area contributed by atoms with Crippen LogP contribution in [-0.2, 0) is 9.59 Å². The fourth-order valence-electron chi connectivity index (χ4n) is 2.60. The Morgan fingerprint density at radius 2 is 1.86 bits per heavy atom. The number of nitrogens with one attached hydrogen (secondary N) is 1. The molecule has 0 bridgehead atoms. The highest BCUT2D eigenvalue weighted by Crippen LogP contribution is 2.33. The Kier molecular flexibility index (Phi) is 6.44. The number of para-hydroxylation sites is 1. The number of ether oxygens (including phenoxy) is 2. The summed E-state index contributed by atoms with van der Waals surface area (Å²) in [6.07, 6.45) is 3.08. The van der Waals surface area contributed by atoms with Gasteiger partial charge < -0.3 is 19.7 Å². The first kappa shape index (κ1) is 20.0. The molecule has 0 radical (unpaired) electrons. The van der Waals surface area contributed by atoms with E-state index in [1.165, 1.54) is 11.0 Å². The molecular weight excluding hydrogens is 403 g/mol. The second kappa shape index (κ2) is 8.99. The van der Waals surface area contributed by atoms with Crippen molar-refractivity contribution in [2.45, 2.75) is 6.92 Å². The van der Waals surface area contributed by atoms with Crippen LogP contribution in [0.25, 0.3) is 6.08 Å². The minimum Gasteiger partial charge on any atom is -0.454 e. The van der Waals surface area contributed by atoms with Crippen molar-refractivity contribution in [2.24, 2.45) is 0 Å². The van der Waals surface area contributed by atoms with Gasteiger partial charge in [-0.2, -0.15) is 0 Å². The number of amides is 2. The molecule has 146 valence electrons. The summed E-state index contributed by atoms with van der Waals surface area (Å²) in [6.45, 7) is 2.23. The SMILES string of the molecule is CCN(CC(=O)Nc1c(Cl)cccc1Cl)C(=O)/C=C/c1ccc2c(c1)OCO2. The van der Waals surface area contributed by atoms with Gasteiger partial charge in [-0.25, -0.2) is 0 Å². The molecule has 8 heteroatoms. The maximum Gasteiger partial charge on any atom is 0.247 e. The molecule has 6 nitrogen and oxygen atoms in total. The van der Waals surface area contributed by atoms with Crippen LogP contribution in [0.3, 0.4) is 0 Å². The number of benzene rings is 2. The van der Waals surface area contributed by atoms with Gasteiger partial charge in [0.2, 0.25) is 18.6 Å². The van der Waals surface area contributed by atoms with Crippen molar-refractivity contribution in [1.29, 1.82) is 0 Å². The van der Waals surface area contributed by atoms with Gasteiger partial charge in [0.05, 0.1) is 15.7 Å². The zero-order valence-electron chi connectivity index (χ0n) is 15.1. The highest BCUT2D eigenvalue weighted by molar-refractivity contribution is 6.39. The summed E-state index contributed by atoms with van der Waals surface area (Å²) in [7, 11) is 0. The molecule has 2 aromatic rings. The molecule has 0 fully saturated rings. The molecule has 0 saturated carbocycles. The van der Waals surface area contributed by atoms with Gasteiger partial charge >= 0.3 is 0 Å². The molecule has 0 spiro atoms. The summed E-state index contributed by atoms with van der Waals surface area (Å²) in [5.41, 5.74) is 1.12. The zero-order chi connectivity index (χ0) is 20.1. The summed E-state index contributed by atoms with van der Waals surface area (Å²) in [5.74, 6) is 0.633. The number of carbonyl (C=O) groups excluding carboxylic acids is 2. The van der Waals surface area contributed by atoms with Gasteiger partial charge in [-0.3, -0.25) is 9.59 Å². The molecule has 2 amide bonds. The van der Waals surface area contributed by atoms with Crippen molar-refractivity contribution in [1.82, 2.24) is 4.90 Å². The van der Waals surface area contributed by atoms with Gasteiger partial charge in [-0.05, 0) is 42.8 Å². The Morgan fingerprint density at radius 3 is 2.57 bits per heavy atom. The fraction of sp³-hybridized carbons (Fsp3) is 0.200. The van der Waals surface area contributed by atoms with Gasteiger partial charge in [0.15, 0.2) is 11.5 Å². The van der Waals surface area contributed by atoms with E-state index in [0.29, 0.717) is 33.8 Å². The van der Waals surface area contributed by atoms with E-state index < -0.39 is 0 Å². The van der Waals surface area contributed by atoms with Crippen molar-refractivity contribution in [3.05, 3.63) is 58.1 Å². The Labute approximate surface area is 172 Å². The first-order valence-electron chi connectivity index (χ1n) is 8.58. The van der Waals surface area contributed by atoms with Gasteiger partial charge in [-0.15, -0.1) is 0 Å². The second-order valence-electron chi connectivity index (χ2n) is 5.94. The van der Waals surface area contributed by atoms with Gasteiger partial charge in [0, 0.05) is 12.6 Å². The minimum atomic E-state index is -0.387. The largest absolute Gasteiger partial charge is 0.454 e. The minimum absolute atomic E-state index is 0.123. The number of fused-ring (bicyclic) bond motifs is 1. The molecule has 1 aliphatic heterocycles. The lowest BCUT2D eigenvalue weighted by atomic mass is 10.2. The summed E-state index contributed by atoms with van der Waals surface area (Å²) in [5, 5.41) is 3.31. The van der Waals surface area contributed by atoms with Crippen molar-refractivity contribution < 1.29 is 19.1 Å². The molecule has 0 aromatic heterocycles. The third-order valence-electron chi connectivity index (χ3n) is 4.07. The highest BCUT2D eigenvalue weighted by Gasteiger charge is 2.16. The van der Waals surface area contributed by atoms with Crippen LogP contribution >= 0.6 is 23.2 Å².